The number of carbonyl (C=O) groups excluding carboxylic acids is 2. The maximum atomic E-state index is 13.3. The number of hydrogen-bond acceptors (Lipinski definition) is 8. The lowest BCUT2D eigenvalue weighted by Crippen LogP contribution is -2.45. The lowest BCUT2D eigenvalue weighted by atomic mass is 10.1. The van der Waals surface area contributed by atoms with E-state index in [9.17, 15) is 9.59 Å². The summed E-state index contributed by atoms with van der Waals surface area (Å²) in [5.74, 6) is 1.24. The van der Waals surface area contributed by atoms with Crippen molar-refractivity contribution in [3.05, 3.63) is 77.6 Å². The van der Waals surface area contributed by atoms with Crippen LogP contribution in [0, 0.1) is 0 Å². The Labute approximate surface area is 220 Å². The molecular weight excluding hydrogens is 488 g/mol. The molecule has 1 fully saturated rings. The van der Waals surface area contributed by atoms with Gasteiger partial charge in [-0.25, -0.2) is 0 Å². The minimum Gasteiger partial charge on any atom is -0.493 e. The van der Waals surface area contributed by atoms with Crippen LogP contribution in [0.2, 0.25) is 0 Å². The summed E-state index contributed by atoms with van der Waals surface area (Å²) in [5, 5.41) is 5.96. The summed E-state index contributed by atoms with van der Waals surface area (Å²) in [6.07, 6.45) is 1.43. The number of aromatic nitrogens is 1. The molecule has 2 atom stereocenters. The van der Waals surface area contributed by atoms with E-state index in [4.69, 9.17) is 18.9 Å². The van der Waals surface area contributed by atoms with Crippen LogP contribution in [0.5, 0.6) is 23.0 Å². The van der Waals surface area contributed by atoms with Crippen molar-refractivity contribution in [3.63, 3.8) is 0 Å². The van der Waals surface area contributed by atoms with Crippen LogP contribution in [0.15, 0.2) is 60.8 Å². The van der Waals surface area contributed by atoms with E-state index in [2.05, 4.69) is 20.5 Å². The molecule has 4 heterocycles. The monoisotopic (exact) mass is 518 g/mol. The third-order valence-electron chi connectivity index (χ3n) is 6.55. The van der Waals surface area contributed by atoms with Gasteiger partial charge in [-0.05, 0) is 48.0 Å². The number of rotatable bonds is 4. The molecule has 1 aromatic heterocycles. The van der Waals surface area contributed by atoms with E-state index >= 15 is 0 Å². The van der Waals surface area contributed by atoms with Crippen LogP contribution in [-0.4, -0.2) is 67.8 Å². The predicted molar refractivity (Wildman–Crippen MR) is 139 cm³/mol. The minimum atomic E-state index is -0.341. The number of hydrogen-bond donors (Lipinski definition) is 2. The Balaban J connectivity index is 1.46. The van der Waals surface area contributed by atoms with Crippen molar-refractivity contribution < 1.29 is 28.5 Å². The Hall–Kier alpha value is -4.31. The molecular formula is C28H30N4O6. The predicted octanol–water partition coefficient (Wildman–Crippen LogP) is 2.17. The first kappa shape index (κ1) is 25.3. The molecule has 38 heavy (non-hydrogen) atoms. The van der Waals surface area contributed by atoms with Crippen molar-refractivity contribution in [1.82, 2.24) is 20.5 Å². The van der Waals surface area contributed by atoms with Crippen molar-refractivity contribution in [3.8, 4) is 23.0 Å². The number of pyridine rings is 1. The molecule has 6 rings (SSSR count). The van der Waals surface area contributed by atoms with Gasteiger partial charge in [-0.3, -0.25) is 19.5 Å². The molecule has 1 saturated heterocycles. The summed E-state index contributed by atoms with van der Waals surface area (Å²) < 4.78 is 23.1. The van der Waals surface area contributed by atoms with Crippen molar-refractivity contribution in [1.29, 1.82) is 0 Å². The third kappa shape index (κ3) is 5.81. The Morgan fingerprint density at radius 2 is 1.87 bits per heavy atom. The summed E-state index contributed by atoms with van der Waals surface area (Å²) >= 11 is 0. The molecule has 10 nitrogen and oxygen atoms in total. The zero-order valence-electron chi connectivity index (χ0n) is 21.3. The average molecular weight is 519 g/mol. The van der Waals surface area contributed by atoms with Crippen LogP contribution < -0.4 is 29.6 Å². The molecule has 2 N–H and O–H groups in total. The van der Waals surface area contributed by atoms with Gasteiger partial charge in [0.1, 0.15) is 6.10 Å². The highest BCUT2D eigenvalue weighted by molar-refractivity contribution is 5.95. The number of carbonyl (C=O) groups is 2. The number of nitrogens with one attached hydrogen (secondary N) is 2. The largest absolute Gasteiger partial charge is 0.493 e. The van der Waals surface area contributed by atoms with Crippen LogP contribution in [0.25, 0.3) is 0 Å². The van der Waals surface area contributed by atoms with Crippen molar-refractivity contribution in [2.75, 3.05) is 33.9 Å². The number of benzene rings is 2. The molecule has 0 spiro atoms. The summed E-state index contributed by atoms with van der Waals surface area (Å²) in [4.78, 5) is 32.4. The summed E-state index contributed by atoms with van der Waals surface area (Å²) in [7, 11) is 3.08. The van der Waals surface area contributed by atoms with Gasteiger partial charge in [-0.1, -0.05) is 12.1 Å². The van der Waals surface area contributed by atoms with Gasteiger partial charge in [-0.2, -0.15) is 0 Å². The van der Waals surface area contributed by atoms with E-state index in [0.717, 1.165) is 11.3 Å². The molecule has 2 amide bonds. The van der Waals surface area contributed by atoms with E-state index in [1.165, 1.54) is 7.11 Å². The zero-order chi connectivity index (χ0) is 26.5. The molecule has 3 aromatic rings. The first-order valence-electron chi connectivity index (χ1n) is 12.4. The van der Waals surface area contributed by atoms with Crippen LogP contribution in [0.1, 0.15) is 21.6 Å². The standard InChI is InChI=1S/C28H30N4O6/c1-35-22-9-7-19-12-25(22)37-17-27(33)30-13-18-6-8-23(24(11-18)36-2)38-26-16-32(15-21(26)31-28(19)34)14-20-5-3-4-10-29-20/h3-12,21,26H,13-17H2,1-2H3,(H,30,33)(H,31,34)/t21-,26-/m0/s1. The number of ether oxygens (including phenoxy) is 4. The second kappa shape index (κ2) is 11.4. The van der Waals surface area contributed by atoms with Crippen LogP contribution >= 0.6 is 0 Å². The highest BCUT2D eigenvalue weighted by Crippen LogP contribution is 2.32. The van der Waals surface area contributed by atoms with Crippen molar-refractivity contribution >= 4 is 11.8 Å². The van der Waals surface area contributed by atoms with E-state index < -0.39 is 0 Å². The molecule has 2 aromatic carbocycles. The molecule has 4 bridgehead atoms. The molecule has 0 radical (unpaired) electrons. The second-order valence-electron chi connectivity index (χ2n) is 9.17. The molecule has 10 heteroatoms. The van der Waals surface area contributed by atoms with Crippen molar-refractivity contribution in [2.24, 2.45) is 0 Å². The van der Waals surface area contributed by atoms with Gasteiger partial charge in [0.2, 0.25) is 0 Å². The second-order valence-corrected chi connectivity index (χ2v) is 9.17. The highest BCUT2D eigenvalue weighted by Gasteiger charge is 2.36. The van der Waals surface area contributed by atoms with Gasteiger partial charge < -0.3 is 29.6 Å². The van der Waals surface area contributed by atoms with Gasteiger partial charge >= 0.3 is 0 Å². The molecule has 0 saturated carbocycles. The number of likely N-dealkylation sites (tertiary alicyclic amines) is 1. The number of fused-ring (bicyclic) bond motifs is 7. The SMILES string of the molecule is COc1ccc2cc1OCC(=O)NCc1ccc(c(OC)c1)O[C@H]1CN(Cc3ccccn3)C[C@@H]1NC2=O. The van der Waals surface area contributed by atoms with Crippen LogP contribution in [0.3, 0.4) is 0 Å². The quantitative estimate of drug-likeness (QED) is 0.541. The fraction of sp³-hybridized carbons (Fsp3) is 0.321. The van der Waals surface area contributed by atoms with Gasteiger partial charge in [0.25, 0.3) is 11.8 Å². The van der Waals surface area contributed by atoms with Crippen LogP contribution in [-0.2, 0) is 17.9 Å². The topological polar surface area (TPSA) is 111 Å². The molecule has 0 unspecified atom stereocenters. The Bertz CT molecular complexity index is 1300. The molecule has 0 aliphatic carbocycles. The minimum absolute atomic E-state index is 0.229. The first-order valence-corrected chi connectivity index (χ1v) is 12.4. The smallest absolute Gasteiger partial charge is 0.258 e. The Morgan fingerprint density at radius 1 is 1.00 bits per heavy atom. The van der Waals surface area contributed by atoms with Gasteiger partial charge in [0, 0.05) is 37.9 Å². The summed E-state index contributed by atoms with van der Waals surface area (Å²) in [6, 6.07) is 15.9. The van der Waals surface area contributed by atoms with Gasteiger partial charge in [0.15, 0.2) is 29.6 Å². The lowest BCUT2D eigenvalue weighted by Gasteiger charge is -2.23. The molecule has 3 aliphatic rings. The maximum Gasteiger partial charge on any atom is 0.258 e. The van der Waals surface area contributed by atoms with Crippen LogP contribution in [0.4, 0.5) is 0 Å². The first-order chi connectivity index (χ1) is 18.5. The summed E-state index contributed by atoms with van der Waals surface area (Å²) in [5.41, 5.74) is 2.17. The fourth-order valence-corrected chi connectivity index (χ4v) is 4.62. The fourth-order valence-electron chi connectivity index (χ4n) is 4.62. The highest BCUT2D eigenvalue weighted by atomic mass is 16.5. The summed E-state index contributed by atoms with van der Waals surface area (Å²) in [6.45, 7) is 1.85. The van der Waals surface area contributed by atoms with Crippen molar-refractivity contribution in [2.45, 2.75) is 25.2 Å². The third-order valence-corrected chi connectivity index (χ3v) is 6.55. The van der Waals surface area contributed by atoms with E-state index in [1.807, 2.05) is 36.4 Å². The molecule has 3 aliphatic heterocycles. The maximum absolute atomic E-state index is 13.3. The van der Waals surface area contributed by atoms with Gasteiger partial charge in [-0.15, -0.1) is 0 Å². The lowest BCUT2D eigenvalue weighted by molar-refractivity contribution is -0.123. The van der Waals surface area contributed by atoms with E-state index in [-0.39, 0.29) is 30.6 Å². The van der Waals surface area contributed by atoms with E-state index in [0.29, 0.717) is 54.7 Å². The number of methoxy groups -OCH3 is 2. The zero-order valence-corrected chi connectivity index (χ0v) is 21.3. The number of amides is 2. The van der Waals surface area contributed by atoms with Gasteiger partial charge in [0.05, 0.1) is 26.0 Å². The number of nitrogens with zero attached hydrogens (tertiary/aromatic N) is 2. The Morgan fingerprint density at radius 3 is 2.66 bits per heavy atom. The van der Waals surface area contributed by atoms with E-state index in [1.54, 1.807) is 31.5 Å². The normalized spacial score (nSPS) is 19.8. The molecule has 198 valence electrons. The average Bonchev–Trinajstić information content (AvgIpc) is 3.30. The Kier molecular flexibility index (Phi) is 7.60.